The van der Waals surface area contributed by atoms with Gasteiger partial charge in [0.1, 0.15) is 5.82 Å². The summed E-state index contributed by atoms with van der Waals surface area (Å²) in [6, 6.07) is 13.2. The van der Waals surface area contributed by atoms with Gasteiger partial charge in [-0.1, -0.05) is 0 Å². The summed E-state index contributed by atoms with van der Waals surface area (Å²) in [7, 11) is -3.83. The molecule has 0 unspecified atom stereocenters. The Morgan fingerprint density at radius 3 is 2.62 bits per heavy atom. The Morgan fingerprint density at radius 2 is 1.90 bits per heavy atom. The zero-order valence-electron chi connectivity index (χ0n) is 15.4. The largest absolute Gasteiger partial charge is 0.308 e. The first kappa shape index (κ1) is 19.1. The first-order valence-electron chi connectivity index (χ1n) is 9.07. The molecule has 1 N–H and O–H groups in total. The third-order valence-corrected chi connectivity index (χ3v) is 6.13. The van der Waals surface area contributed by atoms with Crippen LogP contribution in [0.5, 0.6) is 0 Å². The van der Waals surface area contributed by atoms with Crippen LogP contribution < -0.4 is 9.62 Å². The molecule has 4 rings (SSSR count). The number of carbonyl (C=O) groups excluding carboxylic acids is 1. The van der Waals surface area contributed by atoms with Crippen LogP contribution in [-0.2, 0) is 16.4 Å². The van der Waals surface area contributed by atoms with Crippen molar-refractivity contribution in [2.75, 3.05) is 16.2 Å². The highest BCUT2D eigenvalue weighted by atomic mass is 32.2. The maximum absolute atomic E-state index is 13.1. The van der Waals surface area contributed by atoms with Crippen LogP contribution in [0.1, 0.15) is 22.3 Å². The number of aromatic nitrogens is 1. The van der Waals surface area contributed by atoms with Crippen molar-refractivity contribution in [2.24, 2.45) is 0 Å². The molecule has 2 aromatic carbocycles. The minimum Gasteiger partial charge on any atom is -0.308 e. The van der Waals surface area contributed by atoms with Gasteiger partial charge in [-0.3, -0.25) is 14.5 Å². The molecule has 0 bridgehead atoms. The molecule has 1 aromatic heterocycles. The predicted molar refractivity (Wildman–Crippen MR) is 108 cm³/mol. The van der Waals surface area contributed by atoms with Crippen molar-refractivity contribution in [3.05, 3.63) is 83.9 Å². The second-order valence-corrected chi connectivity index (χ2v) is 8.39. The number of nitrogens with zero attached hydrogens (tertiary/aromatic N) is 2. The van der Waals surface area contributed by atoms with Crippen molar-refractivity contribution in [2.45, 2.75) is 17.7 Å². The average Bonchev–Trinajstić information content (AvgIpc) is 2.73. The zero-order chi connectivity index (χ0) is 20.4. The molecule has 1 amide bonds. The highest BCUT2D eigenvalue weighted by Crippen LogP contribution is 2.31. The summed E-state index contributed by atoms with van der Waals surface area (Å²) < 4.78 is 40.6. The Kier molecular flexibility index (Phi) is 5.02. The predicted octanol–water partition coefficient (Wildman–Crippen LogP) is 3.61. The van der Waals surface area contributed by atoms with Crippen LogP contribution in [0, 0.1) is 5.82 Å². The van der Waals surface area contributed by atoms with E-state index in [4.69, 9.17) is 0 Å². The lowest BCUT2D eigenvalue weighted by atomic mass is 10.0. The molecule has 0 radical (unpaired) electrons. The lowest BCUT2D eigenvalue weighted by Gasteiger charge is -2.30. The lowest BCUT2D eigenvalue weighted by Crippen LogP contribution is -2.35. The van der Waals surface area contributed by atoms with E-state index in [0.29, 0.717) is 17.8 Å². The van der Waals surface area contributed by atoms with E-state index in [9.17, 15) is 17.6 Å². The maximum atomic E-state index is 13.1. The van der Waals surface area contributed by atoms with Crippen molar-refractivity contribution in [3.63, 3.8) is 0 Å². The van der Waals surface area contributed by atoms with Gasteiger partial charge in [0.25, 0.3) is 15.9 Å². The van der Waals surface area contributed by atoms with Gasteiger partial charge in [0, 0.05) is 30.3 Å². The van der Waals surface area contributed by atoms with Gasteiger partial charge in [-0.15, -0.1) is 0 Å². The highest BCUT2D eigenvalue weighted by molar-refractivity contribution is 7.92. The zero-order valence-corrected chi connectivity index (χ0v) is 16.2. The van der Waals surface area contributed by atoms with Crippen molar-refractivity contribution < 1.29 is 17.6 Å². The van der Waals surface area contributed by atoms with Gasteiger partial charge in [0.2, 0.25) is 0 Å². The molecule has 0 spiro atoms. The number of nitrogens with one attached hydrogen (secondary N) is 1. The molecule has 0 saturated heterocycles. The van der Waals surface area contributed by atoms with Crippen molar-refractivity contribution in [1.29, 1.82) is 0 Å². The number of anilines is 2. The molecule has 0 saturated carbocycles. The second-order valence-electron chi connectivity index (χ2n) is 6.70. The smallest absolute Gasteiger partial charge is 0.261 e. The normalized spacial score (nSPS) is 13.6. The molecule has 0 fully saturated rings. The number of aryl methyl sites for hydroxylation is 1. The van der Waals surface area contributed by atoms with Crippen LogP contribution in [0.2, 0.25) is 0 Å². The van der Waals surface area contributed by atoms with Gasteiger partial charge in [-0.05, 0) is 73.0 Å². The molecule has 1 aliphatic heterocycles. The molecule has 0 aliphatic carbocycles. The average molecular weight is 411 g/mol. The van der Waals surface area contributed by atoms with Crippen LogP contribution in [-0.4, -0.2) is 25.9 Å². The molecular formula is C21H18FN3O3S. The highest BCUT2D eigenvalue weighted by Gasteiger charge is 2.24. The van der Waals surface area contributed by atoms with E-state index in [2.05, 4.69) is 9.71 Å². The van der Waals surface area contributed by atoms with E-state index in [1.165, 1.54) is 18.3 Å². The van der Waals surface area contributed by atoms with Gasteiger partial charge in [0.05, 0.1) is 10.5 Å². The Hall–Kier alpha value is -3.26. The quantitative estimate of drug-likeness (QED) is 0.711. The number of pyridine rings is 1. The van der Waals surface area contributed by atoms with E-state index in [1.807, 2.05) is 0 Å². The van der Waals surface area contributed by atoms with Gasteiger partial charge < -0.3 is 4.90 Å². The lowest BCUT2D eigenvalue weighted by molar-refractivity contribution is 0.0984. The van der Waals surface area contributed by atoms with E-state index >= 15 is 0 Å². The standard InChI is InChI=1S/C21H18FN3O3S/c22-17-5-8-19(9-6-17)29(27,28)24-18-7-10-20-15(13-18)4-2-12-25(20)21(26)16-3-1-11-23-14-16/h1,3,5-11,13-14,24H,2,4,12H2. The number of hydrogen-bond donors (Lipinski definition) is 1. The van der Waals surface area contributed by atoms with E-state index in [-0.39, 0.29) is 10.8 Å². The number of rotatable bonds is 4. The Morgan fingerprint density at radius 1 is 1.10 bits per heavy atom. The minimum absolute atomic E-state index is 0.0231. The molecule has 8 heteroatoms. The molecule has 2 heterocycles. The van der Waals surface area contributed by atoms with E-state index < -0.39 is 15.8 Å². The number of sulfonamides is 1. The molecule has 6 nitrogen and oxygen atoms in total. The fourth-order valence-electron chi connectivity index (χ4n) is 3.34. The first-order valence-corrected chi connectivity index (χ1v) is 10.6. The summed E-state index contributed by atoms with van der Waals surface area (Å²) >= 11 is 0. The molecule has 3 aromatic rings. The SMILES string of the molecule is O=C(c1cccnc1)N1CCCc2cc(NS(=O)(=O)c3ccc(F)cc3)ccc21. The Labute approximate surface area is 168 Å². The third-order valence-electron chi connectivity index (χ3n) is 4.73. The van der Waals surface area contributed by atoms with Crippen LogP contribution >= 0.6 is 0 Å². The fraction of sp³-hybridized carbons (Fsp3) is 0.143. The summed E-state index contributed by atoms with van der Waals surface area (Å²) in [5.74, 6) is -0.644. The molecule has 148 valence electrons. The van der Waals surface area contributed by atoms with Crippen molar-refractivity contribution in [3.8, 4) is 0 Å². The van der Waals surface area contributed by atoms with E-state index in [1.54, 1.807) is 41.4 Å². The van der Waals surface area contributed by atoms with Crippen LogP contribution in [0.25, 0.3) is 0 Å². The van der Waals surface area contributed by atoms with Crippen molar-refractivity contribution >= 4 is 27.3 Å². The number of hydrogen-bond acceptors (Lipinski definition) is 4. The van der Waals surface area contributed by atoms with Gasteiger partial charge >= 0.3 is 0 Å². The molecular weight excluding hydrogens is 393 g/mol. The molecule has 1 aliphatic rings. The summed E-state index contributed by atoms with van der Waals surface area (Å²) in [6.07, 6.45) is 4.65. The van der Waals surface area contributed by atoms with Gasteiger partial charge in [0.15, 0.2) is 0 Å². The van der Waals surface area contributed by atoms with Gasteiger partial charge in [-0.25, -0.2) is 12.8 Å². The topological polar surface area (TPSA) is 79.4 Å². The van der Waals surface area contributed by atoms with Crippen molar-refractivity contribution in [1.82, 2.24) is 4.98 Å². The maximum Gasteiger partial charge on any atom is 0.261 e. The van der Waals surface area contributed by atoms with Gasteiger partial charge in [-0.2, -0.15) is 0 Å². The third kappa shape index (κ3) is 3.97. The molecule has 0 atom stereocenters. The summed E-state index contributed by atoms with van der Waals surface area (Å²) in [5, 5.41) is 0. The fourth-order valence-corrected chi connectivity index (χ4v) is 4.39. The Balaban J connectivity index is 1.60. The number of carbonyl (C=O) groups is 1. The number of benzene rings is 2. The van der Waals surface area contributed by atoms with E-state index in [0.717, 1.165) is 36.2 Å². The summed E-state index contributed by atoms with van der Waals surface area (Å²) in [6.45, 7) is 0.585. The summed E-state index contributed by atoms with van der Waals surface area (Å²) in [5.41, 5.74) is 2.54. The number of amides is 1. The number of halogens is 1. The summed E-state index contributed by atoms with van der Waals surface area (Å²) in [4.78, 5) is 18.5. The second kappa shape index (κ2) is 7.63. The minimum atomic E-state index is -3.83. The molecule has 29 heavy (non-hydrogen) atoms. The monoisotopic (exact) mass is 411 g/mol. The Bertz CT molecular complexity index is 1150. The van der Waals surface area contributed by atoms with Crippen LogP contribution in [0.15, 0.2) is 71.9 Å². The first-order chi connectivity index (χ1) is 13.9. The number of fused-ring (bicyclic) bond motifs is 1. The van der Waals surface area contributed by atoms with Crippen LogP contribution in [0.4, 0.5) is 15.8 Å². The van der Waals surface area contributed by atoms with Crippen LogP contribution in [0.3, 0.4) is 0 Å².